The highest BCUT2D eigenvalue weighted by molar-refractivity contribution is 9.10. The van der Waals surface area contributed by atoms with Crippen molar-refractivity contribution < 1.29 is 4.92 Å². The van der Waals surface area contributed by atoms with Crippen LogP contribution >= 0.6 is 15.9 Å². The summed E-state index contributed by atoms with van der Waals surface area (Å²) in [5, 5.41) is 12.0. The second-order valence-corrected chi connectivity index (χ2v) is 3.90. The van der Waals surface area contributed by atoms with E-state index in [-0.39, 0.29) is 11.5 Å². The molecule has 0 bridgehead atoms. The third-order valence-electron chi connectivity index (χ3n) is 2.04. The van der Waals surface area contributed by atoms with Gasteiger partial charge < -0.3 is 5.73 Å². The number of nitrogens with two attached hydrogens (primary N) is 1. The Morgan fingerprint density at radius 1 is 1.47 bits per heavy atom. The van der Waals surface area contributed by atoms with E-state index in [4.69, 9.17) is 5.73 Å². The molecule has 0 saturated heterocycles. The molecule has 1 heterocycles. The lowest BCUT2D eigenvalue weighted by atomic mass is 10.1. The number of hydrogen-bond acceptors (Lipinski definition) is 4. The molecule has 1 aromatic heterocycles. The highest BCUT2D eigenvalue weighted by Gasteiger charge is 2.17. The van der Waals surface area contributed by atoms with Crippen LogP contribution < -0.4 is 5.73 Å². The molecule has 0 amide bonds. The zero-order chi connectivity index (χ0) is 11.0. The minimum Gasteiger partial charge on any atom is -0.378 e. The lowest BCUT2D eigenvalue weighted by Crippen LogP contribution is -1.99. The number of hydrogen-bond donors (Lipinski definition) is 1. The van der Waals surface area contributed by atoms with Crippen molar-refractivity contribution in [2.75, 3.05) is 5.73 Å². The molecule has 0 saturated carbocycles. The van der Waals surface area contributed by atoms with Gasteiger partial charge in [-0.05, 0) is 12.1 Å². The lowest BCUT2D eigenvalue weighted by Gasteiger charge is -2.01. The topological polar surface area (TPSA) is 82.0 Å². The zero-order valence-electron chi connectivity index (χ0n) is 7.48. The molecule has 2 N–H and O–H groups in total. The van der Waals surface area contributed by atoms with Gasteiger partial charge in [-0.2, -0.15) is 0 Å². The summed E-state index contributed by atoms with van der Waals surface area (Å²) in [6, 6.07) is 5.20. The first-order chi connectivity index (χ1) is 7.09. The second kappa shape index (κ2) is 3.47. The van der Waals surface area contributed by atoms with Gasteiger partial charge >= 0.3 is 5.69 Å². The summed E-state index contributed by atoms with van der Waals surface area (Å²) in [7, 11) is 0. The first-order valence-corrected chi connectivity index (χ1v) is 4.87. The molecule has 0 aliphatic heterocycles. The zero-order valence-corrected chi connectivity index (χ0v) is 9.06. The summed E-state index contributed by atoms with van der Waals surface area (Å²) < 4.78 is 0.767. The molecule has 0 atom stereocenters. The number of anilines is 1. The first-order valence-electron chi connectivity index (χ1n) is 4.07. The molecule has 15 heavy (non-hydrogen) atoms. The van der Waals surface area contributed by atoms with Crippen molar-refractivity contribution in [2.45, 2.75) is 0 Å². The van der Waals surface area contributed by atoms with Crippen molar-refractivity contribution in [1.29, 1.82) is 0 Å². The van der Waals surface area contributed by atoms with Crippen LogP contribution in [0.3, 0.4) is 0 Å². The third kappa shape index (κ3) is 1.63. The maximum atomic E-state index is 10.8. The van der Waals surface area contributed by atoms with Crippen LogP contribution in [-0.4, -0.2) is 9.91 Å². The Labute approximate surface area is 93.2 Å². The van der Waals surface area contributed by atoms with E-state index in [1.165, 1.54) is 6.20 Å². The molecule has 0 spiro atoms. The van der Waals surface area contributed by atoms with Crippen molar-refractivity contribution >= 4 is 38.2 Å². The Morgan fingerprint density at radius 3 is 2.87 bits per heavy atom. The molecule has 6 heteroatoms. The number of halogens is 1. The van der Waals surface area contributed by atoms with Crippen LogP contribution in [0.5, 0.6) is 0 Å². The van der Waals surface area contributed by atoms with Crippen LogP contribution in [0.25, 0.3) is 10.8 Å². The molecule has 1 aromatic carbocycles. The van der Waals surface area contributed by atoms with Gasteiger partial charge in [-0.3, -0.25) is 10.1 Å². The van der Waals surface area contributed by atoms with Gasteiger partial charge in [0.2, 0.25) is 5.82 Å². The molecular formula is C9H6BrN3O2. The van der Waals surface area contributed by atoms with Crippen LogP contribution in [0.2, 0.25) is 0 Å². The fourth-order valence-electron chi connectivity index (χ4n) is 1.38. The summed E-state index contributed by atoms with van der Waals surface area (Å²) >= 11 is 3.26. The Balaban J connectivity index is 2.90. The monoisotopic (exact) mass is 267 g/mol. The maximum Gasteiger partial charge on any atom is 0.318 e. The number of aromatic nitrogens is 1. The van der Waals surface area contributed by atoms with Crippen molar-refractivity contribution in [2.24, 2.45) is 0 Å². The predicted octanol–water partition coefficient (Wildman–Crippen LogP) is 2.49. The lowest BCUT2D eigenvalue weighted by molar-refractivity contribution is -0.382. The summed E-state index contributed by atoms with van der Waals surface area (Å²) in [5.41, 5.74) is 5.32. The van der Waals surface area contributed by atoms with E-state index in [2.05, 4.69) is 20.9 Å². The SMILES string of the molecule is Nc1ncc2ccc(Br)cc2c1[N+](=O)[O-]. The minimum absolute atomic E-state index is 0.0643. The molecule has 0 fully saturated rings. The fraction of sp³-hybridized carbons (Fsp3) is 0. The summed E-state index contributed by atoms with van der Waals surface area (Å²) in [5.74, 6) is -0.0643. The van der Waals surface area contributed by atoms with Crippen LogP contribution in [-0.2, 0) is 0 Å². The molecule has 0 aliphatic carbocycles. The summed E-state index contributed by atoms with van der Waals surface area (Å²) in [6.07, 6.45) is 1.52. The summed E-state index contributed by atoms with van der Waals surface area (Å²) in [4.78, 5) is 14.1. The number of nitrogen functional groups attached to an aromatic ring is 1. The van der Waals surface area contributed by atoms with Gasteiger partial charge in [0.25, 0.3) is 0 Å². The first kappa shape index (κ1) is 9.85. The highest BCUT2D eigenvalue weighted by atomic mass is 79.9. The van der Waals surface area contributed by atoms with E-state index in [1.54, 1.807) is 18.2 Å². The van der Waals surface area contributed by atoms with Crippen molar-refractivity contribution in [3.8, 4) is 0 Å². The van der Waals surface area contributed by atoms with Crippen molar-refractivity contribution in [3.05, 3.63) is 39.0 Å². The van der Waals surface area contributed by atoms with Crippen LogP contribution in [0.1, 0.15) is 0 Å². The van der Waals surface area contributed by atoms with E-state index in [9.17, 15) is 10.1 Å². The van der Waals surface area contributed by atoms with Gasteiger partial charge in [0.05, 0.1) is 10.3 Å². The standard InChI is InChI=1S/C9H6BrN3O2/c10-6-2-1-5-4-12-9(11)8(13(14)15)7(5)3-6/h1-4H,(H2,11,12). The van der Waals surface area contributed by atoms with Crippen molar-refractivity contribution in [1.82, 2.24) is 4.98 Å². The number of rotatable bonds is 1. The van der Waals surface area contributed by atoms with Crippen molar-refractivity contribution in [3.63, 3.8) is 0 Å². The maximum absolute atomic E-state index is 10.8. The molecule has 0 unspecified atom stereocenters. The van der Waals surface area contributed by atoms with Gasteiger partial charge in [0.1, 0.15) is 0 Å². The van der Waals surface area contributed by atoms with E-state index < -0.39 is 4.92 Å². The molecule has 76 valence electrons. The number of nitro groups is 1. The Morgan fingerprint density at radius 2 is 2.20 bits per heavy atom. The average molecular weight is 268 g/mol. The average Bonchev–Trinajstić information content (AvgIpc) is 2.16. The van der Waals surface area contributed by atoms with Crippen LogP contribution in [0.15, 0.2) is 28.9 Å². The predicted molar refractivity (Wildman–Crippen MR) is 60.5 cm³/mol. The van der Waals surface area contributed by atoms with Gasteiger partial charge in [-0.1, -0.05) is 22.0 Å². The number of fused-ring (bicyclic) bond motifs is 1. The smallest absolute Gasteiger partial charge is 0.318 e. The Bertz CT molecular complexity index is 551. The van der Waals surface area contributed by atoms with Gasteiger partial charge in [0.15, 0.2) is 0 Å². The molecule has 0 aliphatic rings. The van der Waals surface area contributed by atoms with Crippen LogP contribution in [0, 0.1) is 10.1 Å². The number of nitrogens with zero attached hydrogens (tertiary/aromatic N) is 2. The Kier molecular flexibility index (Phi) is 2.28. The van der Waals surface area contributed by atoms with E-state index in [1.807, 2.05) is 0 Å². The minimum atomic E-state index is -0.517. The van der Waals surface area contributed by atoms with Crippen LogP contribution in [0.4, 0.5) is 11.5 Å². The molecule has 2 aromatic rings. The van der Waals surface area contributed by atoms with Gasteiger partial charge in [-0.25, -0.2) is 4.98 Å². The number of benzene rings is 1. The third-order valence-corrected chi connectivity index (χ3v) is 2.53. The second-order valence-electron chi connectivity index (χ2n) is 2.98. The van der Waals surface area contributed by atoms with E-state index in [0.29, 0.717) is 10.8 Å². The van der Waals surface area contributed by atoms with Gasteiger partial charge in [0, 0.05) is 16.1 Å². The highest BCUT2D eigenvalue weighted by Crippen LogP contribution is 2.31. The normalized spacial score (nSPS) is 10.5. The van der Waals surface area contributed by atoms with E-state index in [0.717, 1.165) is 4.47 Å². The fourth-order valence-corrected chi connectivity index (χ4v) is 1.74. The van der Waals surface area contributed by atoms with E-state index >= 15 is 0 Å². The molecule has 2 rings (SSSR count). The number of pyridine rings is 1. The summed E-state index contributed by atoms with van der Waals surface area (Å²) in [6.45, 7) is 0. The molecule has 5 nitrogen and oxygen atoms in total. The molecular weight excluding hydrogens is 262 g/mol. The molecule has 0 radical (unpaired) electrons. The van der Waals surface area contributed by atoms with Gasteiger partial charge in [-0.15, -0.1) is 0 Å². The Hall–Kier alpha value is -1.69. The quantitative estimate of drug-likeness (QED) is 0.636. The largest absolute Gasteiger partial charge is 0.378 e.